The van der Waals surface area contributed by atoms with Crippen LogP contribution in [-0.2, 0) is 4.79 Å². The number of thiazole rings is 1. The van der Waals surface area contributed by atoms with E-state index in [0.717, 1.165) is 6.42 Å². The summed E-state index contributed by atoms with van der Waals surface area (Å²) >= 11 is 1.27. The Bertz CT molecular complexity index is 403. The maximum atomic E-state index is 11.8. The number of nitrogens with zero attached hydrogens (tertiary/aromatic N) is 1. The molecule has 0 unspecified atom stereocenters. The minimum atomic E-state index is -0.532. The monoisotopic (exact) mass is 255 g/mol. The van der Waals surface area contributed by atoms with E-state index in [9.17, 15) is 9.59 Å². The Balaban J connectivity index is 2.51. The molecule has 2 N–H and O–H groups in total. The Morgan fingerprint density at radius 3 is 2.76 bits per heavy atom. The minimum absolute atomic E-state index is 0.164. The molecule has 0 radical (unpaired) electrons. The molecule has 0 aromatic carbocycles. The van der Waals surface area contributed by atoms with Gasteiger partial charge in [-0.25, -0.2) is 4.98 Å². The van der Waals surface area contributed by atoms with Gasteiger partial charge in [-0.3, -0.25) is 9.59 Å². The molecule has 0 fully saturated rings. The molecule has 17 heavy (non-hydrogen) atoms. The molecule has 1 atom stereocenters. The topological polar surface area (TPSA) is 71.1 Å². The van der Waals surface area contributed by atoms with E-state index in [1.54, 1.807) is 19.4 Å². The van der Waals surface area contributed by atoms with Crippen LogP contribution in [-0.4, -0.2) is 29.4 Å². The first-order valence-electron chi connectivity index (χ1n) is 5.55. The van der Waals surface area contributed by atoms with Gasteiger partial charge in [-0.15, -0.1) is 11.3 Å². The van der Waals surface area contributed by atoms with Crippen molar-refractivity contribution in [1.29, 1.82) is 0 Å². The van der Waals surface area contributed by atoms with Crippen LogP contribution in [0.15, 0.2) is 5.51 Å². The number of carbonyl (C=O) groups is 2. The summed E-state index contributed by atoms with van der Waals surface area (Å²) in [6, 6.07) is -0.532. The van der Waals surface area contributed by atoms with Crippen LogP contribution in [0.1, 0.15) is 35.6 Å². The lowest BCUT2D eigenvalue weighted by Gasteiger charge is -2.13. The average molecular weight is 255 g/mol. The molecule has 0 saturated heterocycles. The van der Waals surface area contributed by atoms with E-state index in [1.807, 2.05) is 6.92 Å². The van der Waals surface area contributed by atoms with Crippen molar-refractivity contribution in [3.05, 3.63) is 16.1 Å². The normalized spacial score (nSPS) is 11.9. The molecule has 0 aliphatic heterocycles. The predicted molar refractivity (Wildman–Crippen MR) is 67.1 cm³/mol. The number of hydrogen-bond donors (Lipinski definition) is 2. The molecule has 6 heteroatoms. The first kappa shape index (κ1) is 13.6. The number of nitrogens with one attached hydrogen (secondary N) is 2. The number of aromatic nitrogens is 1. The van der Waals surface area contributed by atoms with E-state index in [2.05, 4.69) is 15.6 Å². The molecule has 0 spiro atoms. The van der Waals surface area contributed by atoms with Crippen LogP contribution < -0.4 is 10.6 Å². The Kier molecular flexibility index (Phi) is 5.09. The van der Waals surface area contributed by atoms with Crippen molar-refractivity contribution in [3.63, 3.8) is 0 Å². The SMILES string of the molecule is CCCNC(=O)[C@@H](C)NC(=O)c1scnc1C. The Morgan fingerprint density at radius 1 is 1.53 bits per heavy atom. The van der Waals surface area contributed by atoms with Gasteiger partial charge in [0, 0.05) is 6.54 Å². The standard InChI is InChI=1S/C11H17N3O2S/c1-4-5-12-10(15)8(3)14-11(16)9-7(2)13-6-17-9/h6,8H,4-5H2,1-3H3,(H,12,15)(H,14,16)/t8-/m1/s1. The lowest BCUT2D eigenvalue weighted by molar-refractivity contribution is -0.122. The maximum Gasteiger partial charge on any atom is 0.263 e. The summed E-state index contributed by atoms with van der Waals surface area (Å²) in [6.07, 6.45) is 0.875. The Hall–Kier alpha value is -1.43. The first-order valence-corrected chi connectivity index (χ1v) is 6.42. The largest absolute Gasteiger partial charge is 0.354 e. The van der Waals surface area contributed by atoms with Crippen LogP contribution in [0.3, 0.4) is 0 Å². The number of carbonyl (C=O) groups excluding carboxylic acids is 2. The number of amides is 2. The van der Waals surface area contributed by atoms with Gasteiger partial charge in [0.2, 0.25) is 5.91 Å². The van der Waals surface area contributed by atoms with E-state index >= 15 is 0 Å². The molecular weight excluding hydrogens is 238 g/mol. The third-order valence-electron chi connectivity index (χ3n) is 2.24. The highest BCUT2D eigenvalue weighted by atomic mass is 32.1. The van der Waals surface area contributed by atoms with Crippen molar-refractivity contribution in [2.24, 2.45) is 0 Å². The molecule has 1 rings (SSSR count). The molecule has 1 aromatic rings. The zero-order valence-corrected chi connectivity index (χ0v) is 11.1. The van der Waals surface area contributed by atoms with Gasteiger partial charge in [-0.1, -0.05) is 6.92 Å². The summed E-state index contributed by atoms with van der Waals surface area (Å²) in [5.74, 6) is -0.411. The third kappa shape index (κ3) is 3.81. The Morgan fingerprint density at radius 2 is 2.24 bits per heavy atom. The highest BCUT2D eigenvalue weighted by Crippen LogP contribution is 2.11. The van der Waals surface area contributed by atoms with Crippen LogP contribution in [0.5, 0.6) is 0 Å². The molecule has 0 aliphatic rings. The zero-order valence-electron chi connectivity index (χ0n) is 10.2. The van der Waals surface area contributed by atoms with Crippen LogP contribution in [0, 0.1) is 6.92 Å². The second kappa shape index (κ2) is 6.34. The molecule has 1 aromatic heterocycles. The fourth-order valence-corrected chi connectivity index (χ4v) is 1.95. The van der Waals surface area contributed by atoms with Gasteiger partial charge < -0.3 is 10.6 Å². The van der Waals surface area contributed by atoms with Crippen molar-refractivity contribution in [2.45, 2.75) is 33.2 Å². The predicted octanol–water partition coefficient (Wildman–Crippen LogP) is 1.10. The lowest BCUT2D eigenvalue weighted by atomic mass is 10.3. The Labute approximate surface area is 105 Å². The van der Waals surface area contributed by atoms with E-state index in [0.29, 0.717) is 17.1 Å². The summed E-state index contributed by atoms with van der Waals surface area (Å²) < 4.78 is 0. The fourth-order valence-electron chi connectivity index (χ4n) is 1.25. The van der Waals surface area contributed by atoms with Crippen LogP contribution in [0.25, 0.3) is 0 Å². The molecule has 94 valence electrons. The molecule has 5 nitrogen and oxygen atoms in total. The smallest absolute Gasteiger partial charge is 0.263 e. The molecule has 0 saturated carbocycles. The second-order valence-electron chi connectivity index (χ2n) is 3.75. The van der Waals surface area contributed by atoms with Crippen molar-refractivity contribution >= 4 is 23.2 Å². The van der Waals surface area contributed by atoms with Gasteiger partial charge in [0.1, 0.15) is 10.9 Å². The minimum Gasteiger partial charge on any atom is -0.354 e. The van der Waals surface area contributed by atoms with Gasteiger partial charge in [0.25, 0.3) is 5.91 Å². The average Bonchev–Trinajstić information content (AvgIpc) is 2.72. The molecule has 2 amide bonds. The van der Waals surface area contributed by atoms with E-state index in [4.69, 9.17) is 0 Å². The molecular formula is C11H17N3O2S. The lowest BCUT2D eigenvalue weighted by Crippen LogP contribution is -2.44. The van der Waals surface area contributed by atoms with Crippen molar-refractivity contribution in [1.82, 2.24) is 15.6 Å². The van der Waals surface area contributed by atoms with Gasteiger partial charge in [-0.05, 0) is 20.3 Å². The molecule has 1 heterocycles. The van der Waals surface area contributed by atoms with E-state index in [-0.39, 0.29) is 11.8 Å². The number of hydrogen-bond acceptors (Lipinski definition) is 4. The highest BCUT2D eigenvalue weighted by molar-refractivity contribution is 7.11. The van der Waals surface area contributed by atoms with Gasteiger partial charge >= 0.3 is 0 Å². The number of rotatable bonds is 5. The van der Waals surface area contributed by atoms with Crippen molar-refractivity contribution in [2.75, 3.05) is 6.54 Å². The summed E-state index contributed by atoms with van der Waals surface area (Å²) in [6.45, 7) is 6.04. The van der Waals surface area contributed by atoms with E-state index < -0.39 is 6.04 Å². The summed E-state index contributed by atoms with van der Waals surface area (Å²) in [5, 5.41) is 5.38. The highest BCUT2D eigenvalue weighted by Gasteiger charge is 2.18. The second-order valence-corrected chi connectivity index (χ2v) is 4.61. The van der Waals surface area contributed by atoms with Crippen LogP contribution in [0.2, 0.25) is 0 Å². The number of aryl methyl sites for hydroxylation is 1. The fraction of sp³-hybridized carbons (Fsp3) is 0.545. The summed E-state index contributed by atoms with van der Waals surface area (Å²) in [4.78, 5) is 27.9. The van der Waals surface area contributed by atoms with Crippen LogP contribution >= 0.6 is 11.3 Å². The third-order valence-corrected chi connectivity index (χ3v) is 3.17. The quantitative estimate of drug-likeness (QED) is 0.827. The molecule has 0 bridgehead atoms. The summed E-state index contributed by atoms with van der Waals surface area (Å²) in [5.41, 5.74) is 2.31. The molecule has 0 aliphatic carbocycles. The zero-order chi connectivity index (χ0) is 12.8. The van der Waals surface area contributed by atoms with E-state index in [1.165, 1.54) is 11.3 Å². The van der Waals surface area contributed by atoms with Crippen molar-refractivity contribution in [3.8, 4) is 0 Å². The maximum absolute atomic E-state index is 11.8. The summed E-state index contributed by atoms with van der Waals surface area (Å²) in [7, 11) is 0. The van der Waals surface area contributed by atoms with Gasteiger partial charge in [0.05, 0.1) is 11.2 Å². The van der Waals surface area contributed by atoms with Crippen molar-refractivity contribution < 1.29 is 9.59 Å². The van der Waals surface area contributed by atoms with Gasteiger partial charge in [-0.2, -0.15) is 0 Å². The van der Waals surface area contributed by atoms with Gasteiger partial charge in [0.15, 0.2) is 0 Å². The first-order chi connectivity index (χ1) is 8.06. The van der Waals surface area contributed by atoms with Crippen LogP contribution in [0.4, 0.5) is 0 Å².